The third-order valence-corrected chi connectivity index (χ3v) is 7.94. The number of benzene rings is 1. The van der Waals surface area contributed by atoms with E-state index in [9.17, 15) is 0 Å². The SMILES string of the molecule is Cc1cc2c(cc1-c1ccc(C(C)C)c[n+]1C)C(C)(C)C(C)(C)C2(C)C. The molecule has 0 saturated heterocycles. The zero-order valence-corrected chi connectivity index (χ0v) is 18.4. The van der Waals surface area contributed by atoms with Gasteiger partial charge in [0.25, 0.3) is 0 Å². The van der Waals surface area contributed by atoms with Gasteiger partial charge in [-0.05, 0) is 57.9 Å². The van der Waals surface area contributed by atoms with Crippen LogP contribution in [0.4, 0.5) is 0 Å². The molecule has 1 aromatic carbocycles. The fraction of sp³-hybridized carbons (Fsp3) is 0.560. The maximum absolute atomic E-state index is 2.48. The van der Waals surface area contributed by atoms with Gasteiger partial charge in [-0.25, -0.2) is 4.57 Å². The molecule has 0 atom stereocenters. The largest absolute Gasteiger partial charge is 0.212 e. The van der Waals surface area contributed by atoms with Crippen LogP contribution in [-0.4, -0.2) is 0 Å². The standard InChI is InChI=1S/C25H36N/c1-16(2)18-11-12-22(26(10)15-18)19-14-21-20(13-17(19)3)23(4,5)25(8,9)24(21,6)7/h11-16H,1-10H3/q+1. The van der Waals surface area contributed by atoms with E-state index in [-0.39, 0.29) is 16.2 Å². The average molecular weight is 351 g/mol. The summed E-state index contributed by atoms with van der Waals surface area (Å²) >= 11 is 0. The van der Waals surface area contributed by atoms with Crippen LogP contribution in [0.5, 0.6) is 0 Å². The second-order valence-corrected chi connectivity index (χ2v) is 10.2. The Morgan fingerprint density at radius 2 is 1.38 bits per heavy atom. The minimum Gasteiger partial charge on any atom is -0.201 e. The number of nitrogens with zero attached hydrogens (tertiary/aromatic N) is 1. The number of fused-ring (bicyclic) bond motifs is 1. The molecule has 0 amide bonds. The van der Waals surface area contributed by atoms with Crippen molar-refractivity contribution in [2.75, 3.05) is 0 Å². The molecule has 0 unspecified atom stereocenters. The van der Waals surface area contributed by atoms with Gasteiger partial charge < -0.3 is 0 Å². The summed E-state index contributed by atoms with van der Waals surface area (Å²) in [5.74, 6) is 0.553. The van der Waals surface area contributed by atoms with E-state index >= 15 is 0 Å². The lowest BCUT2D eigenvalue weighted by atomic mass is 9.59. The maximum Gasteiger partial charge on any atom is 0.212 e. The first kappa shape index (κ1) is 19.1. The zero-order chi connectivity index (χ0) is 19.7. The van der Waals surface area contributed by atoms with E-state index in [2.05, 4.69) is 104 Å². The van der Waals surface area contributed by atoms with Crippen molar-refractivity contribution in [1.29, 1.82) is 0 Å². The molecular weight excluding hydrogens is 314 g/mol. The lowest BCUT2D eigenvalue weighted by Crippen LogP contribution is -2.42. The molecule has 0 radical (unpaired) electrons. The molecule has 26 heavy (non-hydrogen) atoms. The van der Waals surface area contributed by atoms with E-state index in [0.717, 1.165) is 0 Å². The minimum absolute atomic E-state index is 0.144. The summed E-state index contributed by atoms with van der Waals surface area (Å²) in [6.07, 6.45) is 2.28. The fourth-order valence-electron chi connectivity index (χ4n) is 4.72. The van der Waals surface area contributed by atoms with E-state index in [1.807, 2.05) is 0 Å². The van der Waals surface area contributed by atoms with Crippen molar-refractivity contribution in [3.63, 3.8) is 0 Å². The van der Waals surface area contributed by atoms with Crippen LogP contribution in [0.15, 0.2) is 30.5 Å². The van der Waals surface area contributed by atoms with E-state index in [1.54, 1.807) is 0 Å². The number of pyridine rings is 1. The third-order valence-electron chi connectivity index (χ3n) is 7.94. The van der Waals surface area contributed by atoms with Gasteiger partial charge >= 0.3 is 0 Å². The summed E-state index contributed by atoms with van der Waals surface area (Å²) in [6, 6.07) is 9.51. The highest BCUT2D eigenvalue weighted by atomic mass is 14.9. The predicted octanol–water partition coefficient (Wildman–Crippen LogP) is 6.20. The summed E-state index contributed by atoms with van der Waals surface area (Å²) in [5.41, 5.74) is 8.98. The first-order valence-electron chi connectivity index (χ1n) is 9.98. The summed E-state index contributed by atoms with van der Waals surface area (Å²) in [6.45, 7) is 21.3. The Balaban J connectivity index is 2.24. The van der Waals surface area contributed by atoms with E-state index in [4.69, 9.17) is 0 Å². The molecule has 140 valence electrons. The van der Waals surface area contributed by atoms with Crippen molar-refractivity contribution in [1.82, 2.24) is 0 Å². The van der Waals surface area contributed by atoms with Crippen molar-refractivity contribution in [3.05, 3.63) is 52.7 Å². The van der Waals surface area contributed by atoms with Gasteiger partial charge in [0.15, 0.2) is 6.20 Å². The summed E-state index contributed by atoms with van der Waals surface area (Å²) in [5, 5.41) is 0. The third kappa shape index (κ3) is 2.39. The molecule has 0 N–H and O–H groups in total. The van der Waals surface area contributed by atoms with Crippen LogP contribution in [0.3, 0.4) is 0 Å². The van der Waals surface area contributed by atoms with Crippen LogP contribution in [0.1, 0.15) is 83.6 Å². The number of hydrogen-bond acceptors (Lipinski definition) is 0. The molecule has 0 fully saturated rings. The average Bonchev–Trinajstić information content (AvgIpc) is 2.62. The van der Waals surface area contributed by atoms with Crippen molar-refractivity contribution in [2.24, 2.45) is 12.5 Å². The summed E-state index contributed by atoms with van der Waals surface area (Å²) in [4.78, 5) is 0. The first-order chi connectivity index (χ1) is 11.8. The van der Waals surface area contributed by atoms with Crippen molar-refractivity contribution >= 4 is 0 Å². The Morgan fingerprint density at radius 1 is 0.846 bits per heavy atom. The molecule has 0 spiro atoms. The second kappa shape index (κ2) is 5.68. The molecule has 0 aliphatic heterocycles. The van der Waals surface area contributed by atoms with Crippen molar-refractivity contribution in [3.8, 4) is 11.3 Å². The molecular formula is C25H36N+. The smallest absolute Gasteiger partial charge is 0.201 e. The molecule has 1 aromatic heterocycles. The van der Waals surface area contributed by atoms with Gasteiger partial charge in [0, 0.05) is 17.2 Å². The molecule has 1 nitrogen and oxygen atoms in total. The Labute approximate surface area is 160 Å². The normalized spacial score (nSPS) is 19.7. The number of aryl methyl sites for hydroxylation is 2. The lowest BCUT2D eigenvalue weighted by Gasteiger charge is -2.44. The lowest BCUT2D eigenvalue weighted by molar-refractivity contribution is -0.660. The van der Waals surface area contributed by atoms with Gasteiger partial charge in [0.05, 0.1) is 0 Å². The summed E-state index contributed by atoms with van der Waals surface area (Å²) < 4.78 is 2.29. The summed E-state index contributed by atoms with van der Waals surface area (Å²) in [7, 11) is 2.17. The molecule has 0 bridgehead atoms. The van der Waals surface area contributed by atoms with Gasteiger partial charge in [-0.2, -0.15) is 0 Å². The number of hydrogen-bond donors (Lipinski definition) is 0. The van der Waals surface area contributed by atoms with E-state index in [1.165, 1.54) is 33.5 Å². The topological polar surface area (TPSA) is 3.88 Å². The highest BCUT2D eigenvalue weighted by Gasteiger charge is 2.56. The Morgan fingerprint density at radius 3 is 1.88 bits per heavy atom. The molecule has 1 aliphatic rings. The van der Waals surface area contributed by atoms with Crippen molar-refractivity contribution in [2.45, 2.75) is 79.1 Å². The Kier molecular flexibility index (Phi) is 4.18. The van der Waals surface area contributed by atoms with Gasteiger partial charge in [0.2, 0.25) is 5.69 Å². The molecule has 1 heterocycles. The van der Waals surface area contributed by atoms with Crippen LogP contribution < -0.4 is 4.57 Å². The van der Waals surface area contributed by atoms with E-state index < -0.39 is 0 Å². The second-order valence-electron chi connectivity index (χ2n) is 10.2. The highest BCUT2D eigenvalue weighted by molar-refractivity contribution is 5.67. The monoisotopic (exact) mass is 350 g/mol. The number of rotatable bonds is 2. The highest BCUT2D eigenvalue weighted by Crippen LogP contribution is 2.62. The molecule has 1 aliphatic carbocycles. The maximum atomic E-state index is 2.48. The Hall–Kier alpha value is -1.63. The first-order valence-corrected chi connectivity index (χ1v) is 9.98. The van der Waals surface area contributed by atoms with E-state index in [0.29, 0.717) is 5.92 Å². The van der Waals surface area contributed by atoms with Crippen LogP contribution in [0.2, 0.25) is 0 Å². The molecule has 3 rings (SSSR count). The fourth-order valence-corrected chi connectivity index (χ4v) is 4.72. The minimum atomic E-state index is 0.144. The van der Waals surface area contributed by atoms with Crippen LogP contribution in [0.25, 0.3) is 11.3 Å². The Bertz CT molecular complexity index is 866. The zero-order valence-electron chi connectivity index (χ0n) is 18.4. The van der Waals surface area contributed by atoms with Crippen LogP contribution in [-0.2, 0) is 17.9 Å². The molecule has 2 aromatic rings. The predicted molar refractivity (Wildman–Crippen MR) is 112 cm³/mol. The van der Waals surface area contributed by atoms with Crippen molar-refractivity contribution < 1.29 is 4.57 Å². The van der Waals surface area contributed by atoms with Gasteiger partial charge in [-0.1, -0.05) is 61.5 Å². The quantitative estimate of drug-likeness (QED) is 0.567. The molecule has 0 saturated carbocycles. The van der Waals surface area contributed by atoms with Gasteiger partial charge in [0.1, 0.15) is 7.05 Å². The molecule has 1 heteroatoms. The van der Waals surface area contributed by atoms with Crippen LogP contribution >= 0.6 is 0 Å². The van der Waals surface area contributed by atoms with Gasteiger partial charge in [-0.3, -0.25) is 0 Å². The van der Waals surface area contributed by atoms with Gasteiger partial charge in [-0.15, -0.1) is 0 Å². The van der Waals surface area contributed by atoms with Crippen LogP contribution in [0, 0.1) is 12.3 Å². The number of aromatic nitrogens is 1.